The number of aromatic nitrogens is 1. The van der Waals surface area contributed by atoms with Crippen LogP contribution in [0.4, 0.5) is 20.2 Å². The molecule has 30 heavy (non-hydrogen) atoms. The van der Waals surface area contributed by atoms with Crippen molar-refractivity contribution in [2.24, 2.45) is 11.7 Å². The Hall–Kier alpha value is -2.88. The number of aromatic carboxylic acids is 1. The smallest absolute Gasteiger partial charge is 0.341 e. The van der Waals surface area contributed by atoms with Crippen molar-refractivity contribution in [1.82, 2.24) is 4.57 Å². The summed E-state index contributed by atoms with van der Waals surface area (Å²) in [7, 11) is 0. The van der Waals surface area contributed by atoms with Crippen LogP contribution in [0.5, 0.6) is 5.75 Å². The Bertz CT molecular complexity index is 1160. The highest BCUT2D eigenvalue weighted by Gasteiger charge is 2.53. The van der Waals surface area contributed by atoms with Crippen LogP contribution in [-0.2, 0) is 0 Å². The molecule has 3 heterocycles. The number of benzene rings is 1. The summed E-state index contributed by atoms with van der Waals surface area (Å²) in [5, 5.41) is 9.17. The molecule has 8 nitrogen and oxygen atoms in total. The zero-order chi connectivity index (χ0) is 21.5. The highest BCUT2D eigenvalue weighted by atomic mass is 19.1. The molecule has 5 N–H and O–H groups in total. The Kier molecular flexibility index (Phi) is 3.86. The third-order valence-electron chi connectivity index (χ3n) is 6.68. The molecule has 1 aromatic heterocycles. The van der Waals surface area contributed by atoms with Gasteiger partial charge in [-0.1, -0.05) is 0 Å². The molecule has 2 aromatic rings. The molecule has 3 atom stereocenters. The van der Waals surface area contributed by atoms with Gasteiger partial charge < -0.3 is 30.8 Å². The van der Waals surface area contributed by atoms with Gasteiger partial charge in [-0.25, -0.2) is 13.6 Å². The maximum Gasteiger partial charge on any atom is 0.341 e. The fourth-order valence-corrected chi connectivity index (χ4v) is 4.77. The fraction of sp³-hybridized carbons (Fsp3) is 0.500. The highest BCUT2D eigenvalue weighted by molar-refractivity contribution is 6.03. The number of hydrogen-bond donors (Lipinski definition) is 3. The van der Waals surface area contributed by atoms with Crippen LogP contribution in [0.3, 0.4) is 0 Å². The van der Waals surface area contributed by atoms with E-state index in [-0.39, 0.29) is 48.1 Å². The second-order valence-electron chi connectivity index (χ2n) is 8.63. The summed E-state index contributed by atoms with van der Waals surface area (Å²) in [6, 6.07) is -0.310. The maximum atomic E-state index is 15.5. The Morgan fingerprint density at radius 3 is 2.70 bits per heavy atom. The predicted molar refractivity (Wildman–Crippen MR) is 106 cm³/mol. The summed E-state index contributed by atoms with van der Waals surface area (Å²) < 4.78 is 37.6. The van der Waals surface area contributed by atoms with E-state index < -0.39 is 46.1 Å². The number of pyridine rings is 1. The first-order valence-electron chi connectivity index (χ1n) is 9.88. The van der Waals surface area contributed by atoms with Crippen molar-refractivity contribution in [2.75, 3.05) is 30.3 Å². The lowest BCUT2D eigenvalue weighted by molar-refractivity contribution is 0.0694. The van der Waals surface area contributed by atoms with E-state index in [1.165, 1.54) is 6.20 Å². The Balaban J connectivity index is 1.76. The van der Waals surface area contributed by atoms with E-state index in [0.717, 1.165) is 12.8 Å². The van der Waals surface area contributed by atoms with Crippen LogP contribution in [0.25, 0.3) is 10.9 Å². The van der Waals surface area contributed by atoms with Gasteiger partial charge >= 0.3 is 5.97 Å². The minimum absolute atomic E-state index is 0.00229. The Morgan fingerprint density at radius 2 is 2.07 bits per heavy atom. The molecule has 160 valence electrons. The molecule has 2 fully saturated rings. The van der Waals surface area contributed by atoms with Crippen LogP contribution in [0.15, 0.2) is 11.0 Å². The van der Waals surface area contributed by atoms with Gasteiger partial charge in [0.15, 0.2) is 11.6 Å². The van der Waals surface area contributed by atoms with Gasteiger partial charge in [0.1, 0.15) is 24.0 Å². The van der Waals surface area contributed by atoms with E-state index in [0.29, 0.717) is 0 Å². The van der Waals surface area contributed by atoms with Gasteiger partial charge in [0.2, 0.25) is 5.43 Å². The number of ether oxygens (including phenoxy) is 1. The quantitative estimate of drug-likeness (QED) is 0.645. The third kappa shape index (κ3) is 2.46. The van der Waals surface area contributed by atoms with E-state index in [1.54, 1.807) is 16.4 Å². The van der Waals surface area contributed by atoms with Crippen molar-refractivity contribution in [3.8, 4) is 5.75 Å². The average Bonchev–Trinajstić information content (AvgIpc) is 3.31. The fourth-order valence-electron chi connectivity index (χ4n) is 4.77. The normalized spacial score (nSPS) is 26.7. The second-order valence-corrected chi connectivity index (χ2v) is 8.63. The average molecular weight is 420 g/mol. The van der Waals surface area contributed by atoms with E-state index >= 15 is 4.39 Å². The first-order valence-corrected chi connectivity index (χ1v) is 9.88. The number of nitrogens with zero attached hydrogens (tertiary/aromatic N) is 2. The van der Waals surface area contributed by atoms with Crippen molar-refractivity contribution in [3.63, 3.8) is 0 Å². The molecule has 1 aliphatic carbocycles. The third-order valence-corrected chi connectivity index (χ3v) is 6.68. The van der Waals surface area contributed by atoms with Gasteiger partial charge in [0, 0.05) is 30.7 Å². The molecule has 0 unspecified atom stereocenters. The summed E-state index contributed by atoms with van der Waals surface area (Å²) in [4.78, 5) is 25.9. The molecule has 0 amide bonds. The Morgan fingerprint density at radius 1 is 1.37 bits per heavy atom. The van der Waals surface area contributed by atoms with E-state index in [9.17, 15) is 19.1 Å². The summed E-state index contributed by atoms with van der Waals surface area (Å²) in [5.74, 6) is -2.68. The molecule has 0 spiro atoms. The van der Waals surface area contributed by atoms with E-state index in [1.807, 2.05) is 0 Å². The maximum absolute atomic E-state index is 15.5. The number of anilines is 2. The number of carboxylic acids is 1. The number of alkyl halides is 1. The van der Waals surface area contributed by atoms with Gasteiger partial charge in [0.05, 0.1) is 22.6 Å². The monoisotopic (exact) mass is 420 g/mol. The van der Waals surface area contributed by atoms with Crippen molar-refractivity contribution in [3.05, 3.63) is 27.8 Å². The molecule has 0 bridgehead atoms. The van der Waals surface area contributed by atoms with Crippen molar-refractivity contribution in [2.45, 2.75) is 37.5 Å². The molecule has 3 aliphatic rings. The van der Waals surface area contributed by atoms with Crippen LogP contribution >= 0.6 is 0 Å². The van der Waals surface area contributed by atoms with Gasteiger partial charge in [-0.05, 0) is 19.8 Å². The van der Waals surface area contributed by atoms with Gasteiger partial charge in [-0.2, -0.15) is 0 Å². The van der Waals surface area contributed by atoms with Crippen LogP contribution in [0.1, 0.15) is 36.2 Å². The number of carboxylic acid groups (broad SMARTS) is 1. The summed E-state index contributed by atoms with van der Waals surface area (Å²) in [5.41, 5.74) is 10.0. The van der Waals surface area contributed by atoms with Crippen molar-refractivity contribution < 1.29 is 23.4 Å². The van der Waals surface area contributed by atoms with Crippen molar-refractivity contribution >= 4 is 28.2 Å². The number of nitrogens with two attached hydrogens (primary N) is 2. The second kappa shape index (κ2) is 6.07. The molecule has 1 aromatic carbocycles. The zero-order valence-electron chi connectivity index (χ0n) is 16.3. The van der Waals surface area contributed by atoms with Crippen molar-refractivity contribution in [1.29, 1.82) is 0 Å². The topological polar surface area (TPSA) is 124 Å². The van der Waals surface area contributed by atoms with Gasteiger partial charge in [-0.15, -0.1) is 0 Å². The van der Waals surface area contributed by atoms with Crippen LogP contribution in [-0.4, -0.2) is 47.0 Å². The first-order chi connectivity index (χ1) is 14.1. The molecule has 5 rings (SSSR count). The largest absolute Gasteiger partial charge is 0.487 e. The lowest BCUT2D eigenvalue weighted by Gasteiger charge is -2.32. The standard InChI is InChI=1S/C20H22F2N4O4/c1-8-7-30-18-15-12(17(27)9(19(28)29)4-26(8)15)14(23)13(22)16(18)25-5-10(11(21)6-25)20(24)2-3-20/h4,8,10-11H,2-3,5-7,23-24H2,1H3,(H,28,29)/t8-,10-,11+/m0/s1. The number of hydrogen-bond acceptors (Lipinski definition) is 6. The summed E-state index contributed by atoms with van der Waals surface area (Å²) in [6.45, 7) is 2.07. The molecular weight excluding hydrogens is 398 g/mol. The molecule has 2 aliphatic heterocycles. The van der Waals surface area contributed by atoms with E-state index in [2.05, 4.69) is 0 Å². The predicted octanol–water partition coefficient (Wildman–Crippen LogP) is 1.64. The van der Waals surface area contributed by atoms with E-state index in [4.69, 9.17) is 16.2 Å². The zero-order valence-corrected chi connectivity index (χ0v) is 16.3. The minimum atomic E-state index is -1.42. The summed E-state index contributed by atoms with van der Waals surface area (Å²) >= 11 is 0. The minimum Gasteiger partial charge on any atom is -0.487 e. The van der Waals surface area contributed by atoms with Crippen LogP contribution in [0.2, 0.25) is 0 Å². The highest BCUT2D eigenvalue weighted by Crippen LogP contribution is 2.50. The number of rotatable bonds is 3. The van der Waals surface area contributed by atoms with Gasteiger partial charge in [0.25, 0.3) is 0 Å². The lowest BCUT2D eigenvalue weighted by atomic mass is 9.96. The number of carbonyl (C=O) groups is 1. The SMILES string of the molecule is C[C@H]1COc2c(N3C[C@@H](F)[C@@H](C4(N)CC4)C3)c(F)c(N)c3c(=O)c(C(=O)O)cn1c23. The lowest BCUT2D eigenvalue weighted by Crippen LogP contribution is -2.38. The molecule has 1 saturated heterocycles. The first kappa shape index (κ1) is 19.1. The summed E-state index contributed by atoms with van der Waals surface area (Å²) in [6.07, 6.45) is 1.47. The molecule has 0 radical (unpaired) electrons. The molecule has 1 saturated carbocycles. The Labute approximate surface area is 170 Å². The molecular formula is C20H22F2N4O4. The van der Waals surface area contributed by atoms with Crippen LogP contribution in [0, 0.1) is 11.7 Å². The van der Waals surface area contributed by atoms with Crippen LogP contribution < -0.4 is 26.5 Å². The van der Waals surface area contributed by atoms with Gasteiger partial charge in [-0.3, -0.25) is 4.79 Å². The molecule has 10 heteroatoms. The number of halogens is 2. The number of nitrogen functional groups attached to an aromatic ring is 1.